The van der Waals surface area contributed by atoms with Gasteiger partial charge in [0.2, 0.25) is 0 Å². The predicted molar refractivity (Wildman–Crippen MR) is 85.2 cm³/mol. The van der Waals surface area contributed by atoms with Gasteiger partial charge in [0, 0.05) is 23.1 Å². The highest BCUT2D eigenvalue weighted by atomic mass is 32.1. The van der Waals surface area contributed by atoms with E-state index in [-0.39, 0.29) is 0 Å². The van der Waals surface area contributed by atoms with Gasteiger partial charge in [0.25, 0.3) is 0 Å². The van der Waals surface area contributed by atoms with E-state index in [0.717, 1.165) is 22.0 Å². The highest BCUT2D eigenvalue weighted by Gasteiger charge is 2.13. The number of nitrogens with zero attached hydrogens (tertiary/aromatic N) is 2. The molecule has 2 heterocycles. The van der Waals surface area contributed by atoms with Crippen LogP contribution in [0.2, 0.25) is 0 Å². The summed E-state index contributed by atoms with van der Waals surface area (Å²) in [5.74, 6) is 0. The largest absolute Gasteiger partial charge is 0.386 e. The standard InChI is InChI=1S/C17H16N2OS/c1-12-6-5-9-14(18-12)16(20)10-17-19-15(11-21-17)13-7-3-2-4-8-13/h2-9,11,16,20H,10H2,1H3. The number of hydrogen-bond donors (Lipinski definition) is 1. The summed E-state index contributed by atoms with van der Waals surface area (Å²) in [6.07, 6.45) is -0.117. The van der Waals surface area contributed by atoms with Gasteiger partial charge in [-0.25, -0.2) is 4.98 Å². The molecule has 0 spiro atoms. The van der Waals surface area contributed by atoms with Gasteiger partial charge in [0.1, 0.15) is 6.10 Å². The molecule has 0 fully saturated rings. The van der Waals surface area contributed by atoms with E-state index < -0.39 is 6.10 Å². The van der Waals surface area contributed by atoms with Crippen molar-refractivity contribution < 1.29 is 5.11 Å². The first-order chi connectivity index (χ1) is 10.2. The summed E-state index contributed by atoms with van der Waals surface area (Å²) in [4.78, 5) is 8.96. The van der Waals surface area contributed by atoms with Crippen LogP contribution in [0, 0.1) is 6.92 Å². The highest BCUT2D eigenvalue weighted by Crippen LogP contribution is 2.25. The fourth-order valence-electron chi connectivity index (χ4n) is 2.17. The minimum Gasteiger partial charge on any atom is -0.386 e. The molecule has 0 bridgehead atoms. The molecule has 3 aromatic rings. The zero-order chi connectivity index (χ0) is 14.7. The average molecular weight is 296 g/mol. The van der Waals surface area contributed by atoms with Crippen molar-refractivity contribution in [1.29, 1.82) is 0 Å². The second-order valence-electron chi connectivity index (χ2n) is 4.92. The summed E-state index contributed by atoms with van der Waals surface area (Å²) < 4.78 is 0. The van der Waals surface area contributed by atoms with Crippen LogP contribution >= 0.6 is 11.3 Å². The van der Waals surface area contributed by atoms with Crippen LogP contribution in [-0.4, -0.2) is 15.1 Å². The molecule has 0 aliphatic heterocycles. The van der Waals surface area contributed by atoms with E-state index in [2.05, 4.69) is 9.97 Å². The third-order valence-corrected chi connectivity index (χ3v) is 4.11. The summed E-state index contributed by atoms with van der Waals surface area (Å²) in [6, 6.07) is 15.8. The lowest BCUT2D eigenvalue weighted by molar-refractivity contribution is 0.173. The fraction of sp³-hybridized carbons (Fsp3) is 0.176. The molecule has 106 valence electrons. The Morgan fingerprint density at radius 2 is 1.86 bits per heavy atom. The molecule has 2 aromatic heterocycles. The maximum absolute atomic E-state index is 10.3. The number of aryl methyl sites for hydroxylation is 1. The zero-order valence-corrected chi connectivity index (χ0v) is 12.5. The SMILES string of the molecule is Cc1cccc(C(O)Cc2nc(-c3ccccc3)cs2)n1. The number of benzene rings is 1. The molecule has 0 aliphatic carbocycles. The molecule has 0 saturated heterocycles. The van der Waals surface area contributed by atoms with E-state index in [1.54, 1.807) is 11.3 Å². The summed E-state index contributed by atoms with van der Waals surface area (Å²) in [6.45, 7) is 1.92. The summed E-state index contributed by atoms with van der Waals surface area (Å²) in [5.41, 5.74) is 3.67. The topological polar surface area (TPSA) is 46.0 Å². The molecule has 3 rings (SSSR count). The maximum atomic E-state index is 10.3. The predicted octanol–water partition coefficient (Wildman–Crippen LogP) is 3.79. The Kier molecular flexibility index (Phi) is 4.08. The van der Waals surface area contributed by atoms with Crippen molar-refractivity contribution >= 4 is 11.3 Å². The van der Waals surface area contributed by atoms with Crippen molar-refractivity contribution in [2.75, 3.05) is 0 Å². The summed E-state index contributed by atoms with van der Waals surface area (Å²) in [7, 11) is 0. The van der Waals surface area contributed by atoms with E-state index in [9.17, 15) is 5.11 Å². The van der Waals surface area contributed by atoms with Crippen LogP contribution in [0.5, 0.6) is 0 Å². The summed E-state index contributed by atoms with van der Waals surface area (Å²) >= 11 is 1.57. The van der Waals surface area contributed by atoms with Crippen molar-refractivity contribution in [1.82, 2.24) is 9.97 Å². The van der Waals surface area contributed by atoms with Gasteiger partial charge >= 0.3 is 0 Å². The number of aromatic nitrogens is 2. The number of thiazole rings is 1. The molecule has 0 saturated carbocycles. The van der Waals surface area contributed by atoms with Crippen LogP contribution in [0.4, 0.5) is 0 Å². The Morgan fingerprint density at radius 1 is 1.05 bits per heavy atom. The second-order valence-corrected chi connectivity index (χ2v) is 5.86. The molecule has 1 N–H and O–H groups in total. The van der Waals surface area contributed by atoms with Gasteiger partial charge in [-0.1, -0.05) is 36.4 Å². The lowest BCUT2D eigenvalue weighted by Crippen LogP contribution is -2.04. The minimum atomic E-state index is -0.611. The maximum Gasteiger partial charge on any atom is 0.102 e. The molecule has 1 unspecified atom stereocenters. The number of rotatable bonds is 4. The molecule has 0 amide bonds. The lowest BCUT2D eigenvalue weighted by atomic mass is 10.1. The molecule has 1 atom stereocenters. The van der Waals surface area contributed by atoms with Gasteiger partial charge in [0.15, 0.2) is 0 Å². The van der Waals surface area contributed by atoms with E-state index >= 15 is 0 Å². The van der Waals surface area contributed by atoms with Crippen LogP contribution in [0.25, 0.3) is 11.3 Å². The van der Waals surface area contributed by atoms with Gasteiger partial charge in [-0.15, -0.1) is 11.3 Å². The van der Waals surface area contributed by atoms with Gasteiger partial charge in [-0.05, 0) is 19.1 Å². The molecular weight excluding hydrogens is 280 g/mol. The number of aliphatic hydroxyl groups is 1. The quantitative estimate of drug-likeness (QED) is 0.796. The fourth-order valence-corrected chi connectivity index (χ4v) is 3.01. The second kappa shape index (κ2) is 6.16. The first-order valence-corrected chi connectivity index (χ1v) is 7.72. The van der Waals surface area contributed by atoms with Crippen LogP contribution in [0.3, 0.4) is 0 Å². The minimum absolute atomic E-state index is 0.494. The first-order valence-electron chi connectivity index (χ1n) is 6.84. The van der Waals surface area contributed by atoms with E-state index in [1.165, 1.54) is 0 Å². The highest BCUT2D eigenvalue weighted by molar-refractivity contribution is 7.09. The zero-order valence-electron chi connectivity index (χ0n) is 11.7. The molecule has 4 heteroatoms. The van der Waals surface area contributed by atoms with Crippen molar-refractivity contribution in [2.24, 2.45) is 0 Å². The normalized spacial score (nSPS) is 12.3. The van der Waals surface area contributed by atoms with Crippen molar-refractivity contribution in [3.05, 3.63) is 70.3 Å². The molecule has 3 nitrogen and oxygen atoms in total. The van der Waals surface area contributed by atoms with Crippen LogP contribution in [0.15, 0.2) is 53.9 Å². The third kappa shape index (κ3) is 3.35. The van der Waals surface area contributed by atoms with Crippen molar-refractivity contribution in [3.8, 4) is 11.3 Å². The molecule has 1 aromatic carbocycles. The number of aliphatic hydroxyl groups excluding tert-OH is 1. The van der Waals surface area contributed by atoms with E-state index in [1.807, 2.05) is 60.8 Å². The Labute approximate surface area is 128 Å². The number of pyridine rings is 1. The monoisotopic (exact) mass is 296 g/mol. The lowest BCUT2D eigenvalue weighted by Gasteiger charge is -2.08. The van der Waals surface area contributed by atoms with Crippen molar-refractivity contribution in [2.45, 2.75) is 19.4 Å². The van der Waals surface area contributed by atoms with Crippen LogP contribution in [-0.2, 0) is 6.42 Å². The van der Waals surface area contributed by atoms with Gasteiger partial charge in [-0.2, -0.15) is 0 Å². The summed E-state index contributed by atoms with van der Waals surface area (Å²) in [5, 5.41) is 13.2. The van der Waals surface area contributed by atoms with Gasteiger partial charge in [0.05, 0.1) is 16.4 Å². The van der Waals surface area contributed by atoms with Gasteiger partial charge in [-0.3, -0.25) is 4.98 Å². The smallest absolute Gasteiger partial charge is 0.102 e. The Balaban J connectivity index is 1.75. The molecule has 0 radical (unpaired) electrons. The van der Waals surface area contributed by atoms with Gasteiger partial charge < -0.3 is 5.11 Å². The van der Waals surface area contributed by atoms with E-state index in [0.29, 0.717) is 12.1 Å². The van der Waals surface area contributed by atoms with Crippen LogP contribution < -0.4 is 0 Å². The Morgan fingerprint density at radius 3 is 2.62 bits per heavy atom. The number of hydrogen-bond acceptors (Lipinski definition) is 4. The molecule has 0 aliphatic rings. The molecular formula is C17H16N2OS. The first kappa shape index (κ1) is 13.9. The average Bonchev–Trinajstić information content (AvgIpc) is 2.97. The van der Waals surface area contributed by atoms with Crippen LogP contribution in [0.1, 0.15) is 22.5 Å². The van der Waals surface area contributed by atoms with E-state index in [4.69, 9.17) is 0 Å². The Hall–Kier alpha value is -2.04. The van der Waals surface area contributed by atoms with Crippen molar-refractivity contribution in [3.63, 3.8) is 0 Å². The molecule has 21 heavy (non-hydrogen) atoms. The Bertz CT molecular complexity index is 724. The third-order valence-electron chi connectivity index (χ3n) is 3.24.